The van der Waals surface area contributed by atoms with E-state index in [4.69, 9.17) is 5.73 Å². The molecule has 0 saturated heterocycles. The molecule has 76 valence electrons. The zero-order chi connectivity index (χ0) is 10.8. The zero-order valence-corrected chi connectivity index (χ0v) is 8.37. The summed E-state index contributed by atoms with van der Waals surface area (Å²) < 4.78 is 13.6. The number of aromatic nitrogens is 1. The third-order valence-electron chi connectivity index (χ3n) is 2.26. The van der Waals surface area contributed by atoms with Crippen molar-refractivity contribution < 1.29 is 4.39 Å². The zero-order valence-electron chi connectivity index (χ0n) is 8.37. The summed E-state index contributed by atoms with van der Waals surface area (Å²) in [6, 6.07) is 8.83. The lowest BCUT2D eigenvalue weighted by Gasteiger charge is -2.06. The van der Waals surface area contributed by atoms with E-state index >= 15 is 0 Å². The largest absolute Gasteiger partial charge is 0.397 e. The van der Waals surface area contributed by atoms with Crippen molar-refractivity contribution >= 4 is 5.69 Å². The Morgan fingerprint density at radius 3 is 2.67 bits per heavy atom. The topological polar surface area (TPSA) is 38.9 Å². The Balaban J connectivity index is 2.60. The Hall–Kier alpha value is -1.90. The Kier molecular flexibility index (Phi) is 2.37. The maximum absolute atomic E-state index is 13.6. The minimum atomic E-state index is -0.385. The van der Waals surface area contributed by atoms with Crippen molar-refractivity contribution in [3.63, 3.8) is 0 Å². The van der Waals surface area contributed by atoms with E-state index < -0.39 is 0 Å². The van der Waals surface area contributed by atoms with Gasteiger partial charge in [-0.05, 0) is 12.5 Å². The molecule has 0 unspecified atom stereocenters. The number of nitrogens with two attached hydrogens (primary N) is 1. The van der Waals surface area contributed by atoms with Gasteiger partial charge in [0.25, 0.3) is 0 Å². The first-order chi connectivity index (χ1) is 7.18. The molecule has 3 heteroatoms. The van der Waals surface area contributed by atoms with Gasteiger partial charge in [0.1, 0.15) is 5.69 Å². The van der Waals surface area contributed by atoms with Crippen LogP contribution < -0.4 is 5.73 Å². The Bertz CT molecular complexity index is 495. The number of nitrogen functional groups attached to an aromatic ring is 1. The Morgan fingerprint density at radius 2 is 2.00 bits per heavy atom. The highest BCUT2D eigenvalue weighted by Crippen LogP contribution is 2.24. The quantitative estimate of drug-likeness (QED) is 0.772. The number of anilines is 1. The second-order valence-corrected chi connectivity index (χ2v) is 3.41. The van der Waals surface area contributed by atoms with E-state index in [1.54, 1.807) is 0 Å². The van der Waals surface area contributed by atoms with Gasteiger partial charge in [0.2, 0.25) is 0 Å². The molecule has 2 nitrogen and oxygen atoms in total. The van der Waals surface area contributed by atoms with Crippen molar-refractivity contribution in [2.75, 3.05) is 5.73 Å². The summed E-state index contributed by atoms with van der Waals surface area (Å²) in [5, 5.41) is 0. The van der Waals surface area contributed by atoms with E-state index in [2.05, 4.69) is 4.98 Å². The van der Waals surface area contributed by atoms with Gasteiger partial charge in [0.05, 0.1) is 11.9 Å². The second kappa shape index (κ2) is 3.69. The lowest BCUT2D eigenvalue weighted by atomic mass is 10.1. The summed E-state index contributed by atoms with van der Waals surface area (Å²) in [5.74, 6) is -0.385. The minimum Gasteiger partial charge on any atom is -0.397 e. The van der Waals surface area contributed by atoms with Crippen LogP contribution in [0.15, 0.2) is 36.5 Å². The molecule has 2 aromatic rings. The third-order valence-corrected chi connectivity index (χ3v) is 2.26. The molecule has 0 amide bonds. The fraction of sp³-hybridized carbons (Fsp3) is 0.0833. The SMILES string of the molecule is Cc1ccccc1-c1ncc(N)cc1F. The summed E-state index contributed by atoms with van der Waals surface area (Å²) >= 11 is 0. The van der Waals surface area contributed by atoms with Gasteiger partial charge >= 0.3 is 0 Å². The molecule has 0 aliphatic rings. The van der Waals surface area contributed by atoms with Gasteiger partial charge in [-0.25, -0.2) is 4.39 Å². The predicted octanol–water partition coefficient (Wildman–Crippen LogP) is 2.78. The molecular formula is C12H11FN2. The fourth-order valence-electron chi connectivity index (χ4n) is 1.49. The molecule has 0 fully saturated rings. The standard InChI is InChI=1S/C12H11FN2/c1-8-4-2-3-5-10(8)12-11(13)6-9(14)7-15-12/h2-7H,14H2,1H3. The molecule has 0 radical (unpaired) electrons. The van der Waals surface area contributed by atoms with Gasteiger partial charge < -0.3 is 5.73 Å². The van der Waals surface area contributed by atoms with Crippen LogP contribution in [0.3, 0.4) is 0 Å². The van der Waals surface area contributed by atoms with E-state index in [9.17, 15) is 4.39 Å². The number of halogens is 1. The van der Waals surface area contributed by atoms with Crippen LogP contribution >= 0.6 is 0 Å². The van der Waals surface area contributed by atoms with Gasteiger partial charge in [-0.3, -0.25) is 4.98 Å². The van der Waals surface area contributed by atoms with E-state index in [-0.39, 0.29) is 5.82 Å². The molecular weight excluding hydrogens is 191 g/mol. The Labute approximate surface area is 87.6 Å². The number of hydrogen-bond acceptors (Lipinski definition) is 2. The monoisotopic (exact) mass is 202 g/mol. The van der Waals surface area contributed by atoms with E-state index in [0.717, 1.165) is 11.1 Å². The van der Waals surface area contributed by atoms with Crippen molar-refractivity contribution in [2.45, 2.75) is 6.92 Å². The summed E-state index contributed by atoms with van der Waals surface area (Å²) in [5.41, 5.74) is 7.92. The molecule has 1 aromatic carbocycles. The third kappa shape index (κ3) is 1.81. The lowest BCUT2D eigenvalue weighted by molar-refractivity contribution is 0.626. The van der Waals surface area contributed by atoms with Crippen LogP contribution in [0.25, 0.3) is 11.3 Å². The first-order valence-electron chi connectivity index (χ1n) is 4.65. The lowest BCUT2D eigenvalue weighted by Crippen LogP contribution is -1.94. The fourth-order valence-corrected chi connectivity index (χ4v) is 1.49. The highest BCUT2D eigenvalue weighted by atomic mass is 19.1. The van der Waals surface area contributed by atoms with Crippen molar-refractivity contribution in [3.05, 3.63) is 47.9 Å². The number of nitrogens with zero attached hydrogens (tertiary/aromatic N) is 1. The summed E-state index contributed by atoms with van der Waals surface area (Å²) in [6.45, 7) is 1.92. The van der Waals surface area contributed by atoms with Crippen LogP contribution in [0.4, 0.5) is 10.1 Å². The number of benzene rings is 1. The molecule has 0 aliphatic carbocycles. The molecule has 0 bridgehead atoms. The van der Waals surface area contributed by atoms with E-state index in [1.807, 2.05) is 31.2 Å². The molecule has 15 heavy (non-hydrogen) atoms. The number of hydrogen-bond donors (Lipinski definition) is 1. The van der Waals surface area contributed by atoms with Crippen LogP contribution in [-0.2, 0) is 0 Å². The highest BCUT2D eigenvalue weighted by molar-refractivity contribution is 5.65. The predicted molar refractivity (Wildman–Crippen MR) is 58.8 cm³/mol. The maximum Gasteiger partial charge on any atom is 0.151 e. The smallest absolute Gasteiger partial charge is 0.151 e. The van der Waals surface area contributed by atoms with Gasteiger partial charge in [-0.2, -0.15) is 0 Å². The number of aryl methyl sites for hydroxylation is 1. The summed E-state index contributed by atoms with van der Waals surface area (Å²) in [6.07, 6.45) is 1.46. The molecule has 2 rings (SSSR count). The molecule has 1 aromatic heterocycles. The molecule has 0 saturated carbocycles. The first-order valence-corrected chi connectivity index (χ1v) is 4.65. The first kappa shape index (κ1) is 9.65. The highest BCUT2D eigenvalue weighted by Gasteiger charge is 2.08. The van der Waals surface area contributed by atoms with Crippen LogP contribution in [0, 0.1) is 12.7 Å². The average Bonchev–Trinajstić information content (AvgIpc) is 2.20. The molecule has 0 aliphatic heterocycles. The van der Waals surface area contributed by atoms with Gasteiger partial charge in [0.15, 0.2) is 5.82 Å². The van der Waals surface area contributed by atoms with E-state index in [1.165, 1.54) is 12.3 Å². The van der Waals surface area contributed by atoms with Crippen LogP contribution in [0.2, 0.25) is 0 Å². The van der Waals surface area contributed by atoms with Crippen LogP contribution in [0.1, 0.15) is 5.56 Å². The summed E-state index contributed by atoms with van der Waals surface area (Å²) in [4.78, 5) is 4.01. The van der Waals surface area contributed by atoms with Crippen molar-refractivity contribution in [1.29, 1.82) is 0 Å². The normalized spacial score (nSPS) is 10.3. The van der Waals surface area contributed by atoms with Crippen LogP contribution in [-0.4, -0.2) is 4.98 Å². The van der Waals surface area contributed by atoms with Crippen molar-refractivity contribution in [2.24, 2.45) is 0 Å². The van der Waals surface area contributed by atoms with Crippen LogP contribution in [0.5, 0.6) is 0 Å². The average molecular weight is 202 g/mol. The molecule has 0 atom stereocenters. The van der Waals surface area contributed by atoms with Gasteiger partial charge in [0, 0.05) is 11.6 Å². The number of rotatable bonds is 1. The molecule has 2 N–H and O–H groups in total. The number of pyridine rings is 1. The molecule has 0 spiro atoms. The Morgan fingerprint density at radius 1 is 1.27 bits per heavy atom. The van der Waals surface area contributed by atoms with E-state index in [0.29, 0.717) is 11.4 Å². The van der Waals surface area contributed by atoms with Crippen molar-refractivity contribution in [1.82, 2.24) is 4.98 Å². The molecule has 1 heterocycles. The van der Waals surface area contributed by atoms with Gasteiger partial charge in [-0.15, -0.1) is 0 Å². The van der Waals surface area contributed by atoms with Crippen molar-refractivity contribution in [3.8, 4) is 11.3 Å². The second-order valence-electron chi connectivity index (χ2n) is 3.41. The maximum atomic E-state index is 13.6. The summed E-state index contributed by atoms with van der Waals surface area (Å²) in [7, 11) is 0. The van der Waals surface area contributed by atoms with Gasteiger partial charge in [-0.1, -0.05) is 24.3 Å². The minimum absolute atomic E-state index is 0.338.